The van der Waals surface area contributed by atoms with E-state index in [-0.39, 0.29) is 22.4 Å². The molecule has 4 heterocycles. The second kappa shape index (κ2) is 14.4. The number of oxime groups is 1. The number of carboxylic acid groups (broad SMARTS) is 1. The molecule has 17 heteroatoms. The number of rotatable bonds is 12. The highest BCUT2D eigenvalue weighted by atomic mass is 32.2. The Bertz CT molecular complexity index is 1980. The summed E-state index contributed by atoms with van der Waals surface area (Å²) in [6.07, 6.45) is 0. The predicted octanol–water partition coefficient (Wildman–Crippen LogP) is 4.22. The molecule has 0 radical (unpaired) electrons. The van der Waals surface area contributed by atoms with Crippen LogP contribution in [0.15, 0.2) is 117 Å². The van der Waals surface area contributed by atoms with Crippen molar-refractivity contribution in [2.75, 3.05) is 17.2 Å². The molecule has 13 nitrogen and oxygen atoms in total. The van der Waals surface area contributed by atoms with Crippen molar-refractivity contribution in [3.05, 3.63) is 130 Å². The SMILES string of the molecule is Nc1nc(/C(=N/OC(c2ccccc2)(c2ccccc2)c2ccccc2)C(=O)NC2C(=O)N3C(C(=O)O)=C(CSc4nncs4)CS[C@H]23)ns1. The summed E-state index contributed by atoms with van der Waals surface area (Å²) in [4.78, 5) is 51.9. The molecule has 2 aliphatic heterocycles. The van der Waals surface area contributed by atoms with E-state index in [0.29, 0.717) is 21.4 Å². The first-order valence-corrected chi connectivity index (χ1v) is 18.7. The number of fused-ring (bicyclic) bond motifs is 1. The van der Waals surface area contributed by atoms with E-state index in [1.807, 2.05) is 91.0 Å². The second-order valence-electron chi connectivity index (χ2n) is 10.9. The van der Waals surface area contributed by atoms with E-state index in [0.717, 1.165) is 28.2 Å². The lowest BCUT2D eigenvalue weighted by molar-refractivity contribution is -0.150. The van der Waals surface area contributed by atoms with Gasteiger partial charge in [0.15, 0.2) is 9.47 Å². The number of nitrogens with zero attached hydrogens (tertiary/aromatic N) is 6. The molecule has 2 atom stereocenters. The molecule has 2 amide bonds. The average Bonchev–Trinajstić information content (AvgIpc) is 3.84. The second-order valence-corrected chi connectivity index (χ2v) is 14.8. The Labute approximate surface area is 301 Å². The number of hydrogen-bond acceptors (Lipinski definition) is 14. The summed E-state index contributed by atoms with van der Waals surface area (Å²) >= 11 is 4.93. The number of nitrogens with one attached hydrogen (secondary N) is 1. The summed E-state index contributed by atoms with van der Waals surface area (Å²) in [7, 11) is 0. The molecule has 50 heavy (non-hydrogen) atoms. The van der Waals surface area contributed by atoms with Crippen molar-refractivity contribution in [3.63, 3.8) is 0 Å². The van der Waals surface area contributed by atoms with Gasteiger partial charge < -0.3 is 21.0 Å². The van der Waals surface area contributed by atoms with Crippen LogP contribution >= 0.6 is 46.4 Å². The normalized spacial score (nSPS) is 17.6. The molecule has 252 valence electrons. The average molecular weight is 743 g/mol. The van der Waals surface area contributed by atoms with Crippen molar-refractivity contribution < 1.29 is 24.3 Å². The van der Waals surface area contributed by atoms with Crippen molar-refractivity contribution in [1.29, 1.82) is 0 Å². The molecule has 1 fully saturated rings. The predicted molar refractivity (Wildman–Crippen MR) is 191 cm³/mol. The quantitative estimate of drug-likeness (QED) is 0.0545. The van der Waals surface area contributed by atoms with E-state index >= 15 is 0 Å². The van der Waals surface area contributed by atoms with Crippen molar-refractivity contribution >= 4 is 75.0 Å². The van der Waals surface area contributed by atoms with Gasteiger partial charge in [-0.1, -0.05) is 119 Å². The number of aliphatic carboxylic acids is 1. The lowest BCUT2D eigenvalue weighted by Gasteiger charge is -2.49. The first-order chi connectivity index (χ1) is 24.4. The highest BCUT2D eigenvalue weighted by Gasteiger charge is 2.54. The molecule has 4 N–H and O–H groups in total. The number of aromatic nitrogens is 4. The topological polar surface area (TPSA) is 186 Å². The van der Waals surface area contributed by atoms with Gasteiger partial charge in [-0.15, -0.1) is 22.0 Å². The summed E-state index contributed by atoms with van der Waals surface area (Å²) in [5.41, 5.74) is 8.59. The van der Waals surface area contributed by atoms with Crippen molar-refractivity contribution in [2.24, 2.45) is 5.16 Å². The van der Waals surface area contributed by atoms with Gasteiger partial charge in [-0.05, 0) is 5.57 Å². The number of nitrogens with two attached hydrogens (primary N) is 1. The minimum atomic E-state index is -1.32. The largest absolute Gasteiger partial charge is 0.477 e. The number of carbonyl (C=O) groups excluding carboxylic acids is 2. The molecule has 1 unspecified atom stereocenters. The van der Waals surface area contributed by atoms with Gasteiger partial charge in [-0.2, -0.15) is 9.36 Å². The minimum absolute atomic E-state index is 0.0879. The van der Waals surface area contributed by atoms with Crippen LogP contribution in [0.1, 0.15) is 22.5 Å². The standard InChI is InChI=1S/C33H26N8O5S4/c34-31-37-26(40-50-31)23(39-46-33(20-10-4-1-5-11-20,21-12-6-2-7-13-21)22-14-8-3-9-15-22)27(42)36-24-28(43)41-25(30(44)45)19(16-47-29(24)41)17-48-32-38-35-18-49-32/h1-15,18,24,29H,16-17H2,(H,36,42)(H,44,45)(H2,34,37,40)/b39-23-/t24?,29-/m1/s1. The Hall–Kier alpha value is -5.10. The number of benzene rings is 3. The van der Waals surface area contributed by atoms with Crippen LogP contribution in [0.25, 0.3) is 0 Å². The highest BCUT2D eigenvalue weighted by Crippen LogP contribution is 2.43. The number of β-lactam (4-membered cyclic amide) rings is 1. The third-order valence-electron chi connectivity index (χ3n) is 7.93. The number of hydrogen-bond donors (Lipinski definition) is 3. The van der Waals surface area contributed by atoms with Gasteiger partial charge in [0.1, 0.15) is 22.6 Å². The van der Waals surface area contributed by atoms with Gasteiger partial charge in [0.2, 0.25) is 17.1 Å². The van der Waals surface area contributed by atoms with Gasteiger partial charge in [0, 0.05) is 39.7 Å². The van der Waals surface area contributed by atoms with Gasteiger partial charge in [-0.25, -0.2) is 4.79 Å². The first kappa shape index (κ1) is 33.4. The zero-order valence-electron chi connectivity index (χ0n) is 25.8. The molecule has 2 aromatic heterocycles. The molecule has 5 aromatic rings. The van der Waals surface area contributed by atoms with Gasteiger partial charge in [-0.3, -0.25) is 14.5 Å². The monoisotopic (exact) mass is 742 g/mol. The van der Waals surface area contributed by atoms with Crippen molar-refractivity contribution in [1.82, 2.24) is 29.8 Å². The number of amides is 2. The fourth-order valence-corrected chi connectivity index (χ4v) is 9.09. The first-order valence-electron chi connectivity index (χ1n) is 15.0. The summed E-state index contributed by atoms with van der Waals surface area (Å²) in [6, 6.07) is 27.4. The van der Waals surface area contributed by atoms with Crippen LogP contribution in [0.3, 0.4) is 0 Å². The van der Waals surface area contributed by atoms with E-state index in [1.165, 1.54) is 39.8 Å². The van der Waals surface area contributed by atoms with Crippen molar-refractivity contribution in [3.8, 4) is 0 Å². The van der Waals surface area contributed by atoms with Crippen LogP contribution in [0.5, 0.6) is 0 Å². The third kappa shape index (κ3) is 6.35. The molecular weight excluding hydrogens is 717 g/mol. The molecule has 0 spiro atoms. The number of nitrogen functional groups attached to an aromatic ring is 1. The minimum Gasteiger partial charge on any atom is -0.477 e. The number of anilines is 1. The number of carbonyl (C=O) groups is 3. The van der Waals surface area contributed by atoms with E-state index in [2.05, 4.69) is 30.0 Å². The van der Waals surface area contributed by atoms with Crippen LogP contribution in [0.4, 0.5) is 5.13 Å². The van der Waals surface area contributed by atoms with Crippen LogP contribution < -0.4 is 11.1 Å². The lowest BCUT2D eigenvalue weighted by Crippen LogP contribution is -2.71. The van der Waals surface area contributed by atoms with Crippen LogP contribution in [-0.2, 0) is 24.8 Å². The van der Waals surface area contributed by atoms with Crippen LogP contribution in [0.2, 0.25) is 0 Å². The van der Waals surface area contributed by atoms with E-state index in [4.69, 9.17) is 10.6 Å². The van der Waals surface area contributed by atoms with E-state index in [9.17, 15) is 19.5 Å². The zero-order valence-corrected chi connectivity index (χ0v) is 29.0. The Kier molecular flexibility index (Phi) is 9.62. The van der Waals surface area contributed by atoms with E-state index in [1.54, 1.807) is 5.51 Å². The van der Waals surface area contributed by atoms with Gasteiger partial charge in [0.25, 0.3) is 11.8 Å². The van der Waals surface area contributed by atoms with E-state index < -0.39 is 34.8 Å². The molecular formula is C33H26N8O5S4. The van der Waals surface area contributed by atoms with Crippen LogP contribution in [0, 0.1) is 0 Å². The maximum absolute atomic E-state index is 14.1. The van der Waals surface area contributed by atoms with Crippen molar-refractivity contribution in [2.45, 2.75) is 21.4 Å². The molecule has 1 saturated heterocycles. The Morgan fingerprint density at radius 2 is 1.64 bits per heavy atom. The smallest absolute Gasteiger partial charge is 0.352 e. The Morgan fingerprint density at radius 3 is 2.16 bits per heavy atom. The Morgan fingerprint density at radius 1 is 1.02 bits per heavy atom. The van der Waals surface area contributed by atoms with Gasteiger partial charge in [0.05, 0.1) is 0 Å². The third-order valence-corrected chi connectivity index (χ3v) is 11.8. The zero-order chi connectivity index (χ0) is 34.7. The maximum Gasteiger partial charge on any atom is 0.352 e. The summed E-state index contributed by atoms with van der Waals surface area (Å²) < 4.78 is 4.92. The van der Waals surface area contributed by atoms with Gasteiger partial charge >= 0.3 is 5.97 Å². The molecule has 2 aliphatic rings. The maximum atomic E-state index is 14.1. The molecule has 0 aliphatic carbocycles. The van der Waals surface area contributed by atoms with Crippen LogP contribution in [-0.4, -0.2) is 76.0 Å². The highest BCUT2D eigenvalue weighted by molar-refractivity contribution is 8.01. The number of thioether (sulfide) groups is 2. The molecule has 0 bridgehead atoms. The Balaban J connectivity index is 1.21. The summed E-state index contributed by atoms with van der Waals surface area (Å²) in [5, 5.41) is 24.5. The fourth-order valence-electron chi connectivity index (χ4n) is 5.68. The molecule has 3 aromatic carbocycles. The fraction of sp³-hybridized carbons (Fsp3) is 0.152. The molecule has 0 saturated carbocycles. The summed E-state index contributed by atoms with van der Waals surface area (Å²) in [6.45, 7) is 0. The number of carboxylic acids is 1. The lowest BCUT2D eigenvalue weighted by atomic mass is 9.80. The summed E-state index contributed by atoms with van der Waals surface area (Å²) in [5.74, 6) is -1.99. The molecule has 7 rings (SSSR count).